The van der Waals surface area contributed by atoms with E-state index < -0.39 is 19.8 Å². The van der Waals surface area contributed by atoms with Crippen molar-refractivity contribution >= 4 is 13.7 Å². The van der Waals surface area contributed by atoms with Crippen molar-refractivity contribution in [3.05, 3.63) is 0 Å². The van der Waals surface area contributed by atoms with E-state index in [-0.39, 0.29) is 0 Å². The Kier molecular flexibility index (Phi) is 3.68. The maximum absolute atomic E-state index is 10.7. The van der Waals surface area contributed by atoms with E-state index in [0.717, 1.165) is 7.11 Å². The third-order valence-electron chi connectivity index (χ3n) is 0.975. The standard InChI is InChI=1S/C4H10NO5P/c1-3(4(6)7)5-11(8,9)10-2/h3H,1-2H3,(H,6,7)(H2,5,8,9). The maximum Gasteiger partial charge on any atom is 0.403 e. The summed E-state index contributed by atoms with van der Waals surface area (Å²) in [7, 11) is -2.90. The summed E-state index contributed by atoms with van der Waals surface area (Å²) in [4.78, 5) is 18.8. The molecule has 2 atom stereocenters. The minimum absolute atomic E-state index is 1.02. The van der Waals surface area contributed by atoms with Gasteiger partial charge in [0.2, 0.25) is 0 Å². The molecule has 7 heteroatoms. The van der Waals surface area contributed by atoms with Gasteiger partial charge in [0, 0.05) is 7.11 Å². The summed E-state index contributed by atoms with van der Waals surface area (Å²) in [6, 6.07) is -1.11. The van der Waals surface area contributed by atoms with Gasteiger partial charge in [-0.2, -0.15) is 0 Å². The van der Waals surface area contributed by atoms with Crippen molar-refractivity contribution in [2.24, 2.45) is 0 Å². The smallest absolute Gasteiger partial charge is 0.403 e. The van der Waals surface area contributed by atoms with Crippen molar-refractivity contribution in [3.8, 4) is 0 Å². The molecule has 0 aromatic heterocycles. The predicted octanol–water partition coefficient (Wildman–Crippen LogP) is -0.204. The van der Waals surface area contributed by atoms with Gasteiger partial charge in [-0.25, -0.2) is 9.65 Å². The quantitative estimate of drug-likeness (QED) is 0.522. The lowest BCUT2D eigenvalue weighted by Gasteiger charge is -2.12. The van der Waals surface area contributed by atoms with Crippen LogP contribution >= 0.6 is 7.75 Å². The van der Waals surface area contributed by atoms with Crippen LogP contribution in [0.1, 0.15) is 6.92 Å². The average molecular weight is 183 g/mol. The number of rotatable bonds is 4. The van der Waals surface area contributed by atoms with Crippen LogP contribution in [0.5, 0.6) is 0 Å². The zero-order valence-corrected chi connectivity index (χ0v) is 7.04. The summed E-state index contributed by atoms with van der Waals surface area (Å²) < 4.78 is 14.8. The fourth-order valence-electron chi connectivity index (χ4n) is 0.353. The second-order valence-electron chi connectivity index (χ2n) is 1.89. The van der Waals surface area contributed by atoms with Crippen LogP contribution in [0.3, 0.4) is 0 Å². The zero-order chi connectivity index (χ0) is 9.07. The van der Waals surface area contributed by atoms with Gasteiger partial charge in [-0.1, -0.05) is 0 Å². The third kappa shape index (κ3) is 4.10. The van der Waals surface area contributed by atoms with E-state index in [4.69, 9.17) is 10.00 Å². The molecule has 0 fully saturated rings. The van der Waals surface area contributed by atoms with Gasteiger partial charge < -0.3 is 14.5 Å². The molecular weight excluding hydrogens is 173 g/mol. The highest BCUT2D eigenvalue weighted by atomic mass is 31.2. The second-order valence-corrected chi connectivity index (χ2v) is 3.56. The maximum atomic E-state index is 10.7. The number of carbonyl (C=O) groups is 1. The van der Waals surface area contributed by atoms with E-state index in [1.54, 1.807) is 0 Å². The summed E-state index contributed by atoms with van der Waals surface area (Å²) in [5, 5.41) is 10.2. The number of carboxylic acids is 1. The lowest BCUT2D eigenvalue weighted by molar-refractivity contribution is -0.138. The lowest BCUT2D eigenvalue weighted by atomic mass is 10.4. The molecule has 0 bridgehead atoms. The van der Waals surface area contributed by atoms with Gasteiger partial charge in [0.05, 0.1) is 0 Å². The molecule has 6 nitrogen and oxygen atoms in total. The molecule has 0 saturated heterocycles. The van der Waals surface area contributed by atoms with Crippen LogP contribution in [0.2, 0.25) is 0 Å². The molecule has 3 N–H and O–H groups in total. The number of hydrogen-bond acceptors (Lipinski definition) is 3. The van der Waals surface area contributed by atoms with Gasteiger partial charge >= 0.3 is 13.7 Å². The number of hydrogen-bond donors (Lipinski definition) is 3. The molecular formula is C4H10NO5P. The number of nitrogens with one attached hydrogen (secondary N) is 1. The van der Waals surface area contributed by atoms with Crippen molar-refractivity contribution < 1.29 is 23.9 Å². The number of carboxylic acid groups (broad SMARTS) is 1. The molecule has 0 aliphatic rings. The van der Waals surface area contributed by atoms with Crippen LogP contribution in [0.4, 0.5) is 0 Å². The van der Waals surface area contributed by atoms with Crippen LogP contribution in [0.15, 0.2) is 0 Å². The molecule has 11 heavy (non-hydrogen) atoms. The van der Waals surface area contributed by atoms with Crippen molar-refractivity contribution in [3.63, 3.8) is 0 Å². The van der Waals surface area contributed by atoms with Gasteiger partial charge in [0.25, 0.3) is 0 Å². The first-order chi connectivity index (χ1) is 4.89. The average Bonchev–Trinajstić information content (AvgIpc) is 1.87. The molecule has 0 spiro atoms. The van der Waals surface area contributed by atoms with Gasteiger partial charge in [0.15, 0.2) is 0 Å². The summed E-state index contributed by atoms with van der Waals surface area (Å²) >= 11 is 0. The molecule has 0 aliphatic carbocycles. The van der Waals surface area contributed by atoms with Crippen molar-refractivity contribution in [1.29, 1.82) is 0 Å². The Hall–Kier alpha value is -0.420. The highest BCUT2D eigenvalue weighted by Crippen LogP contribution is 2.35. The zero-order valence-electron chi connectivity index (χ0n) is 6.14. The fourth-order valence-corrected chi connectivity index (χ4v) is 1.06. The summed E-state index contributed by atoms with van der Waals surface area (Å²) in [5.74, 6) is -1.21. The summed E-state index contributed by atoms with van der Waals surface area (Å²) in [6.07, 6.45) is 0. The van der Waals surface area contributed by atoms with Crippen LogP contribution < -0.4 is 5.09 Å². The van der Waals surface area contributed by atoms with E-state index in [0.29, 0.717) is 0 Å². The molecule has 0 amide bonds. The highest BCUT2D eigenvalue weighted by Gasteiger charge is 2.23. The van der Waals surface area contributed by atoms with Gasteiger partial charge in [0.1, 0.15) is 6.04 Å². The second kappa shape index (κ2) is 3.82. The molecule has 66 valence electrons. The first kappa shape index (κ1) is 10.6. The summed E-state index contributed by atoms with van der Waals surface area (Å²) in [5.41, 5.74) is 0. The molecule has 0 rings (SSSR count). The highest BCUT2D eigenvalue weighted by molar-refractivity contribution is 7.50. The van der Waals surface area contributed by atoms with E-state index in [1.165, 1.54) is 6.92 Å². The fraction of sp³-hybridized carbons (Fsp3) is 0.750. The van der Waals surface area contributed by atoms with Crippen molar-refractivity contribution in [2.45, 2.75) is 13.0 Å². The van der Waals surface area contributed by atoms with E-state index in [9.17, 15) is 9.36 Å². The predicted molar refractivity (Wildman–Crippen MR) is 37.1 cm³/mol. The van der Waals surface area contributed by atoms with Crippen LogP contribution in [0.25, 0.3) is 0 Å². The van der Waals surface area contributed by atoms with Crippen molar-refractivity contribution in [2.75, 3.05) is 7.11 Å². The number of aliphatic carboxylic acids is 1. The lowest BCUT2D eigenvalue weighted by Crippen LogP contribution is -2.31. The van der Waals surface area contributed by atoms with Gasteiger partial charge in [-0.3, -0.25) is 4.79 Å². The molecule has 0 aromatic carbocycles. The Bertz CT molecular complexity index is 193. The minimum atomic E-state index is -3.91. The molecule has 0 aromatic rings. The minimum Gasteiger partial charge on any atom is -0.480 e. The third-order valence-corrected chi connectivity index (χ3v) is 2.18. The molecule has 0 radical (unpaired) electrons. The van der Waals surface area contributed by atoms with Crippen LogP contribution in [-0.2, 0) is 13.9 Å². The molecule has 0 heterocycles. The van der Waals surface area contributed by atoms with E-state index in [2.05, 4.69) is 4.52 Å². The van der Waals surface area contributed by atoms with Gasteiger partial charge in [-0.05, 0) is 6.92 Å². The Balaban J connectivity index is 4.04. The van der Waals surface area contributed by atoms with E-state index in [1.807, 2.05) is 5.09 Å². The van der Waals surface area contributed by atoms with Crippen LogP contribution in [0, 0.1) is 0 Å². The largest absolute Gasteiger partial charge is 0.480 e. The van der Waals surface area contributed by atoms with Crippen LogP contribution in [-0.4, -0.2) is 29.1 Å². The summed E-state index contributed by atoms with van der Waals surface area (Å²) in [6.45, 7) is 1.24. The Morgan fingerprint density at radius 2 is 2.18 bits per heavy atom. The van der Waals surface area contributed by atoms with E-state index >= 15 is 0 Å². The Morgan fingerprint density at radius 1 is 1.73 bits per heavy atom. The normalized spacial score (nSPS) is 18.8. The SMILES string of the molecule is COP(=O)(O)NC(C)C(=O)O. The first-order valence-corrected chi connectivity index (χ1v) is 4.36. The Labute approximate surface area is 63.8 Å². The molecule has 0 saturated carbocycles. The Morgan fingerprint density at radius 3 is 2.45 bits per heavy atom. The monoisotopic (exact) mass is 183 g/mol. The first-order valence-electron chi connectivity index (χ1n) is 2.78. The molecule has 0 aliphatic heterocycles. The molecule has 2 unspecified atom stereocenters. The van der Waals surface area contributed by atoms with Crippen molar-refractivity contribution in [1.82, 2.24) is 5.09 Å². The van der Waals surface area contributed by atoms with Gasteiger partial charge in [-0.15, -0.1) is 0 Å². The topological polar surface area (TPSA) is 95.9 Å².